The molecule has 1 atom stereocenters. The van der Waals surface area contributed by atoms with Crippen LogP contribution in [0.5, 0.6) is 0 Å². The van der Waals surface area contributed by atoms with Crippen LogP contribution in [0.2, 0.25) is 0 Å². The molecule has 2 nitrogen and oxygen atoms in total. The fraction of sp³-hybridized carbons (Fsp3) is 0.889. The van der Waals surface area contributed by atoms with E-state index in [-0.39, 0.29) is 5.60 Å². The van der Waals surface area contributed by atoms with Crippen LogP contribution in [0.15, 0.2) is 0 Å². The van der Waals surface area contributed by atoms with Crippen molar-refractivity contribution in [3.8, 4) is 0 Å². The van der Waals surface area contributed by atoms with E-state index in [1.807, 2.05) is 11.8 Å². The Kier molecular flexibility index (Phi) is 2.42. The summed E-state index contributed by atoms with van der Waals surface area (Å²) in [5, 5.41) is 7.59. The molecule has 2 heterocycles. The molecule has 1 unspecified atom stereocenters. The van der Waals surface area contributed by atoms with Gasteiger partial charge >= 0.3 is 0 Å². The average molecular weight is 185 g/mol. The van der Waals surface area contributed by atoms with Crippen LogP contribution in [-0.2, 0) is 4.74 Å². The maximum absolute atomic E-state index is 7.59. The number of thioether (sulfide) groups is 1. The van der Waals surface area contributed by atoms with Crippen molar-refractivity contribution in [2.45, 2.75) is 31.3 Å². The summed E-state index contributed by atoms with van der Waals surface area (Å²) < 4.78 is 5.86. The zero-order valence-corrected chi connectivity index (χ0v) is 8.08. The second kappa shape index (κ2) is 3.38. The summed E-state index contributed by atoms with van der Waals surface area (Å²) >= 11 is 1.99. The first-order valence-electron chi connectivity index (χ1n) is 4.59. The minimum absolute atomic E-state index is 0.160. The van der Waals surface area contributed by atoms with Gasteiger partial charge in [-0.2, -0.15) is 11.8 Å². The van der Waals surface area contributed by atoms with Crippen molar-refractivity contribution >= 4 is 17.5 Å². The van der Waals surface area contributed by atoms with E-state index in [0.29, 0.717) is 0 Å². The van der Waals surface area contributed by atoms with Crippen LogP contribution in [-0.4, -0.2) is 29.4 Å². The fourth-order valence-corrected chi connectivity index (χ4v) is 3.27. The number of ether oxygens (including phenoxy) is 1. The molecule has 0 radical (unpaired) electrons. The first kappa shape index (κ1) is 8.57. The first-order chi connectivity index (χ1) is 5.81. The Hall–Kier alpha value is -0.0200. The van der Waals surface area contributed by atoms with E-state index in [0.717, 1.165) is 37.3 Å². The van der Waals surface area contributed by atoms with Gasteiger partial charge in [0.1, 0.15) is 0 Å². The lowest BCUT2D eigenvalue weighted by atomic mass is 9.96. The number of rotatable bonds is 0. The van der Waals surface area contributed by atoms with Gasteiger partial charge in [0.2, 0.25) is 0 Å². The van der Waals surface area contributed by atoms with Crippen LogP contribution >= 0.6 is 11.8 Å². The summed E-state index contributed by atoms with van der Waals surface area (Å²) in [6.45, 7) is 0.777. The Balaban J connectivity index is 2.01. The molecule has 0 saturated carbocycles. The summed E-state index contributed by atoms with van der Waals surface area (Å²) in [5.74, 6) is 2.40. The minimum atomic E-state index is 0.160. The van der Waals surface area contributed by atoms with E-state index in [1.165, 1.54) is 12.2 Å². The molecule has 2 rings (SSSR count). The van der Waals surface area contributed by atoms with Gasteiger partial charge in [-0.25, -0.2) is 0 Å². The van der Waals surface area contributed by atoms with E-state index in [4.69, 9.17) is 10.1 Å². The SMILES string of the molecule is N=C1CCOC2(CCSC2)CC1. The molecule has 0 bridgehead atoms. The van der Waals surface area contributed by atoms with Crippen molar-refractivity contribution < 1.29 is 4.74 Å². The standard InChI is InChI=1S/C9H15NOS/c10-8-1-3-9(11-5-2-8)4-6-12-7-9/h10H,1-7H2. The lowest BCUT2D eigenvalue weighted by Gasteiger charge is -2.25. The minimum Gasteiger partial charge on any atom is -0.374 e. The van der Waals surface area contributed by atoms with Crippen molar-refractivity contribution in [1.29, 1.82) is 5.41 Å². The molecule has 12 heavy (non-hydrogen) atoms. The molecule has 0 aromatic heterocycles. The second-order valence-electron chi connectivity index (χ2n) is 3.69. The second-order valence-corrected chi connectivity index (χ2v) is 4.79. The van der Waals surface area contributed by atoms with Crippen molar-refractivity contribution in [2.24, 2.45) is 0 Å². The molecule has 2 aliphatic rings. The highest BCUT2D eigenvalue weighted by atomic mass is 32.2. The van der Waals surface area contributed by atoms with Crippen molar-refractivity contribution in [3.05, 3.63) is 0 Å². The van der Waals surface area contributed by atoms with Gasteiger partial charge in [-0.3, -0.25) is 0 Å². The van der Waals surface area contributed by atoms with Crippen LogP contribution in [0.25, 0.3) is 0 Å². The monoisotopic (exact) mass is 185 g/mol. The third kappa shape index (κ3) is 1.67. The normalized spacial score (nSPS) is 37.2. The third-order valence-corrected chi connectivity index (χ3v) is 3.98. The van der Waals surface area contributed by atoms with E-state index in [1.54, 1.807) is 0 Å². The van der Waals surface area contributed by atoms with Crippen LogP contribution in [0.1, 0.15) is 25.7 Å². The van der Waals surface area contributed by atoms with Gasteiger partial charge in [-0.15, -0.1) is 0 Å². The smallest absolute Gasteiger partial charge is 0.0784 e. The summed E-state index contributed by atoms with van der Waals surface area (Å²) in [6, 6.07) is 0. The molecule has 1 spiro atoms. The highest BCUT2D eigenvalue weighted by Gasteiger charge is 2.36. The maximum atomic E-state index is 7.59. The zero-order chi connectivity index (χ0) is 8.44. The van der Waals surface area contributed by atoms with Gasteiger partial charge in [0.05, 0.1) is 12.2 Å². The van der Waals surface area contributed by atoms with Crippen LogP contribution in [0, 0.1) is 5.41 Å². The number of nitrogens with one attached hydrogen (secondary N) is 1. The molecule has 0 aromatic carbocycles. The third-order valence-electron chi connectivity index (χ3n) is 2.76. The molecule has 0 amide bonds. The quantitative estimate of drug-likeness (QED) is 0.627. The van der Waals surface area contributed by atoms with Gasteiger partial charge in [-0.1, -0.05) is 0 Å². The summed E-state index contributed by atoms with van der Waals surface area (Å²) in [6.07, 6.45) is 4.09. The van der Waals surface area contributed by atoms with Crippen LogP contribution < -0.4 is 0 Å². The van der Waals surface area contributed by atoms with Crippen molar-refractivity contribution in [2.75, 3.05) is 18.1 Å². The predicted octanol–water partition coefficient (Wildman–Crippen LogP) is 2.08. The summed E-state index contributed by atoms with van der Waals surface area (Å²) in [5.41, 5.74) is 1.04. The van der Waals surface area contributed by atoms with Crippen LogP contribution in [0.3, 0.4) is 0 Å². The Morgan fingerprint density at radius 1 is 1.33 bits per heavy atom. The molecule has 68 valence electrons. The van der Waals surface area contributed by atoms with Gasteiger partial charge in [0.15, 0.2) is 0 Å². The molecule has 2 saturated heterocycles. The zero-order valence-electron chi connectivity index (χ0n) is 7.27. The number of hydrogen-bond acceptors (Lipinski definition) is 3. The van der Waals surface area contributed by atoms with Gasteiger partial charge in [0.25, 0.3) is 0 Å². The largest absolute Gasteiger partial charge is 0.374 e. The number of hydrogen-bond donors (Lipinski definition) is 1. The van der Waals surface area contributed by atoms with Crippen molar-refractivity contribution in [3.63, 3.8) is 0 Å². The van der Waals surface area contributed by atoms with Crippen molar-refractivity contribution in [1.82, 2.24) is 0 Å². The predicted molar refractivity (Wildman–Crippen MR) is 52.2 cm³/mol. The van der Waals surface area contributed by atoms with E-state index in [2.05, 4.69) is 0 Å². The maximum Gasteiger partial charge on any atom is 0.0784 e. The molecular formula is C9H15NOS. The van der Waals surface area contributed by atoms with Crippen LogP contribution in [0.4, 0.5) is 0 Å². The molecule has 2 fully saturated rings. The van der Waals surface area contributed by atoms with E-state index < -0.39 is 0 Å². The Morgan fingerprint density at radius 2 is 2.25 bits per heavy atom. The molecule has 2 aliphatic heterocycles. The summed E-state index contributed by atoms with van der Waals surface area (Å²) in [7, 11) is 0. The van der Waals surface area contributed by atoms with Gasteiger partial charge < -0.3 is 10.1 Å². The Bertz CT molecular complexity index is 187. The fourth-order valence-electron chi connectivity index (χ4n) is 1.87. The lowest BCUT2D eigenvalue weighted by Crippen LogP contribution is -2.31. The van der Waals surface area contributed by atoms with E-state index in [9.17, 15) is 0 Å². The Morgan fingerprint density at radius 3 is 3.00 bits per heavy atom. The lowest BCUT2D eigenvalue weighted by molar-refractivity contribution is -0.0213. The topological polar surface area (TPSA) is 33.1 Å². The summed E-state index contributed by atoms with van der Waals surface area (Å²) in [4.78, 5) is 0. The molecular weight excluding hydrogens is 170 g/mol. The molecule has 3 heteroatoms. The Labute approximate surface area is 77.6 Å². The molecule has 0 aliphatic carbocycles. The highest BCUT2D eigenvalue weighted by molar-refractivity contribution is 7.99. The molecule has 0 aromatic rings. The first-order valence-corrected chi connectivity index (χ1v) is 5.74. The molecule has 1 N–H and O–H groups in total. The highest BCUT2D eigenvalue weighted by Crippen LogP contribution is 2.36. The van der Waals surface area contributed by atoms with Gasteiger partial charge in [-0.05, 0) is 25.0 Å². The van der Waals surface area contributed by atoms with E-state index >= 15 is 0 Å². The average Bonchev–Trinajstić information content (AvgIpc) is 2.42. The van der Waals surface area contributed by atoms with Gasteiger partial charge in [0, 0.05) is 17.9 Å².